The molecule has 0 unspecified atom stereocenters. The minimum Gasteiger partial charge on any atom is -0.475 e. The normalized spacial score (nSPS) is 18.7. The number of likely N-dealkylation sites (tertiary alicyclic amines) is 1. The molecule has 56 heavy (non-hydrogen) atoms. The molecule has 4 aromatic heterocycles. The maximum absolute atomic E-state index is 13.4. The molecular formula is C33H33F9N8O6. The molecule has 0 atom stereocenters. The van der Waals surface area contributed by atoms with Gasteiger partial charge in [-0.2, -0.15) is 49.9 Å². The van der Waals surface area contributed by atoms with Gasteiger partial charge in [-0.3, -0.25) is 9.58 Å². The number of rotatable bonds is 7. The third-order valence-corrected chi connectivity index (χ3v) is 8.83. The summed E-state index contributed by atoms with van der Waals surface area (Å²) in [7, 11) is 0. The first-order chi connectivity index (χ1) is 25.8. The van der Waals surface area contributed by atoms with Crippen LogP contribution >= 0.6 is 0 Å². The number of aliphatic hydroxyl groups is 1. The van der Waals surface area contributed by atoms with Crippen LogP contribution in [0.15, 0.2) is 43.1 Å². The van der Waals surface area contributed by atoms with E-state index in [9.17, 15) is 49.9 Å². The number of halogens is 9. The first-order valence-electron chi connectivity index (χ1n) is 16.4. The Morgan fingerprint density at radius 2 is 1.57 bits per heavy atom. The van der Waals surface area contributed by atoms with Crippen molar-refractivity contribution in [1.29, 1.82) is 5.26 Å². The van der Waals surface area contributed by atoms with Gasteiger partial charge in [0.2, 0.25) is 5.88 Å². The molecule has 0 aromatic carbocycles. The van der Waals surface area contributed by atoms with Crippen LogP contribution in [0.4, 0.5) is 39.5 Å². The van der Waals surface area contributed by atoms with E-state index in [4.69, 9.17) is 24.5 Å². The van der Waals surface area contributed by atoms with Gasteiger partial charge < -0.3 is 25.0 Å². The van der Waals surface area contributed by atoms with Crippen molar-refractivity contribution in [2.45, 2.75) is 87.8 Å². The van der Waals surface area contributed by atoms with Crippen LogP contribution in [-0.2, 0) is 26.9 Å². The molecule has 0 amide bonds. The molecule has 23 heteroatoms. The van der Waals surface area contributed by atoms with Crippen LogP contribution in [-0.4, -0.2) is 99.5 Å². The fraction of sp³-hybridized carbons (Fsp3) is 0.485. The van der Waals surface area contributed by atoms with Crippen molar-refractivity contribution < 1.29 is 69.2 Å². The number of H-pyrrole nitrogens is 1. The van der Waals surface area contributed by atoms with E-state index in [1.807, 2.05) is 23.1 Å². The second-order valence-electron chi connectivity index (χ2n) is 13.4. The van der Waals surface area contributed by atoms with E-state index < -0.39 is 47.3 Å². The second kappa shape index (κ2) is 16.3. The topological polar surface area (TPSA) is 203 Å². The number of aromatic amines is 1. The minimum absolute atomic E-state index is 0.0990. The highest BCUT2D eigenvalue weighted by atomic mass is 19.4. The highest BCUT2D eigenvalue weighted by molar-refractivity contribution is 5.90. The van der Waals surface area contributed by atoms with Gasteiger partial charge >= 0.3 is 30.5 Å². The summed E-state index contributed by atoms with van der Waals surface area (Å²) in [5, 5.41) is 39.7. The van der Waals surface area contributed by atoms with E-state index in [0.717, 1.165) is 41.2 Å². The molecule has 2 fully saturated rings. The number of pyridine rings is 1. The molecule has 4 N–H and O–H groups in total. The number of carboxylic acid groups (broad SMARTS) is 2. The van der Waals surface area contributed by atoms with E-state index in [0.29, 0.717) is 32.4 Å². The summed E-state index contributed by atoms with van der Waals surface area (Å²) in [5.74, 6) is -5.64. The number of nitrogens with zero attached hydrogens (tertiary/aromatic N) is 7. The molecule has 0 bridgehead atoms. The molecule has 1 aliphatic heterocycles. The lowest BCUT2D eigenvalue weighted by Crippen LogP contribution is -2.65. The summed E-state index contributed by atoms with van der Waals surface area (Å²) in [6.07, 6.45) is -4.80. The lowest BCUT2D eigenvalue weighted by molar-refractivity contribution is -0.193. The van der Waals surface area contributed by atoms with E-state index in [1.165, 1.54) is 26.2 Å². The zero-order chi connectivity index (χ0) is 41.9. The van der Waals surface area contributed by atoms with Gasteiger partial charge in [-0.25, -0.2) is 24.5 Å². The van der Waals surface area contributed by atoms with Gasteiger partial charge in [0, 0.05) is 48.5 Å². The first kappa shape index (κ1) is 43.2. The fourth-order valence-electron chi connectivity index (χ4n) is 6.02. The predicted octanol–water partition coefficient (Wildman–Crippen LogP) is 6.04. The number of hydrogen-bond donors (Lipinski definition) is 4. The highest BCUT2D eigenvalue weighted by Crippen LogP contribution is 2.39. The lowest BCUT2D eigenvalue weighted by atomic mass is 9.82. The molecule has 0 radical (unpaired) electrons. The van der Waals surface area contributed by atoms with E-state index in [1.54, 1.807) is 6.20 Å². The van der Waals surface area contributed by atoms with Crippen LogP contribution in [0.3, 0.4) is 0 Å². The SMILES string of the molecule is CC(C)(O)c1cc(O[C@H]2CC[C@H](N3CC(CC#N)(n4cc(-c5ncnc6[nH]ccc56)cn4)C3)CC2)nc(C(F)(F)F)c1.O=C(O)C(F)(F)F.O=C(O)C(F)(F)F. The van der Waals surface area contributed by atoms with Crippen molar-refractivity contribution in [2.75, 3.05) is 13.1 Å². The van der Waals surface area contributed by atoms with Gasteiger partial charge in [-0.05, 0) is 57.2 Å². The summed E-state index contributed by atoms with van der Waals surface area (Å²) in [6.45, 7) is 4.20. The van der Waals surface area contributed by atoms with Crippen molar-refractivity contribution in [3.8, 4) is 23.2 Å². The molecule has 0 spiro atoms. The predicted molar refractivity (Wildman–Crippen MR) is 173 cm³/mol. The monoisotopic (exact) mass is 808 g/mol. The van der Waals surface area contributed by atoms with Gasteiger partial charge in [-0.1, -0.05) is 0 Å². The van der Waals surface area contributed by atoms with Gasteiger partial charge in [0.1, 0.15) is 29.3 Å². The standard InChI is InChI=1S/C29H31F3N8O2.2C2HF3O2/c1-27(2,41)19-11-23(29(30,31)32)38-24(12-19)42-21-5-3-20(4-6-21)39-15-28(16-39,8-9-33)40-14-18(13-37-40)25-22-7-10-34-26(22)36-17-35-25;2*3-2(4,5)1(6)7/h7,10-14,17,20-21,41H,3-6,8,15-16H2,1-2H3,(H,34,35,36);2*(H,6,7)/t20-,21-;;. The maximum atomic E-state index is 13.4. The van der Waals surface area contributed by atoms with Crippen molar-refractivity contribution in [3.63, 3.8) is 0 Å². The summed E-state index contributed by atoms with van der Waals surface area (Å²) in [6, 6.07) is 6.77. The third kappa shape index (κ3) is 10.6. The number of ether oxygens (including phenoxy) is 1. The smallest absolute Gasteiger partial charge is 0.475 e. The summed E-state index contributed by atoms with van der Waals surface area (Å²) >= 11 is 0. The van der Waals surface area contributed by atoms with Crippen LogP contribution in [0.1, 0.15) is 57.2 Å². The number of hydrogen-bond acceptors (Lipinski definition) is 10. The quantitative estimate of drug-likeness (QED) is 0.158. The Bertz CT molecular complexity index is 1980. The average molecular weight is 809 g/mol. The van der Waals surface area contributed by atoms with Crippen LogP contribution < -0.4 is 4.74 Å². The number of aliphatic carboxylic acids is 2. The van der Waals surface area contributed by atoms with Gasteiger partial charge in [-0.15, -0.1) is 0 Å². The molecule has 2 aliphatic rings. The number of nitrogens with one attached hydrogen (secondary N) is 1. The number of carbonyl (C=O) groups is 2. The van der Waals surface area contributed by atoms with E-state index >= 15 is 0 Å². The molecule has 1 saturated heterocycles. The van der Waals surface area contributed by atoms with Crippen molar-refractivity contribution in [2.24, 2.45) is 0 Å². The lowest BCUT2D eigenvalue weighted by Gasteiger charge is -2.53. The Balaban J connectivity index is 0.000000425. The van der Waals surface area contributed by atoms with Crippen molar-refractivity contribution in [3.05, 3.63) is 54.4 Å². The number of nitriles is 1. The largest absolute Gasteiger partial charge is 0.490 e. The molecule has 5 heterocycles. The Morgan fingerprint density at radius 1 is 0.982 bits per heavy atom. The number of alkyl halides is 9. The Hall–Kier alpha value is -5.50. The van der Waals surface area contributed by atoms with E-state index in [-0.39, 0.29) is 23.6 Å². The zero-order valence-electron chi connectivity index (χ0n) is 29.2. The van der Waals surface area contributed by atoms with Gasteiger partial charge in [0.25, 0.3) is 0 Å². The minimum atomic E-state index is -5.08. The average Bonchev–Trinajstić information content (AvgIpc) is 3.76. The number of aromatic nitrogens is 6. The molecule has 4 aromatic rings. The maximum Gasteiger partial charge on any atom is 0.490 e. The number of fused-ring (bicyclic) bond motifs is 1. The van der Waals surface area contributed by atoms with Crippen LogP contribution in [0.5, 0.6) is 5.88 Å². The van der Waals surface area contributed by atoms with Crippen molar-refractivity contribution in [1.82, 2.24) is 34.6 Å². The molecule has 6 rings (SSSR count). The summed E-state index contributed by atoms with van der Waals surface area (Å²) in [4.78, 5) is 35.6. The van der Waals surface area contributed by atoms with Crippen molar-refractivity contribution >= 4 is 23.0 Å². The zero-order valence-corrected chi connectivity index (χ0v) is 29.2. The number of carboxylic acids is 2. The highest BCUT2D eigenvalue weighted by Gasteiger charge is 2.48. The van der Waals surface area contributed by atoms with Crippen LogP contribution in [0, 0.1) is 11.3 Å². The molecule has 14 nitrogen and oxygen atoms in total. The Labute approximate surface area is 310 Å². The summed E-state index contributed by atoms with van der Waals surface area (Å²) in [5.41, 5.74) is -0.521. The van der Waals surface area contributed by atoms with E-state index in [2.05, 4.69) is 36.0 Å². The fourth-order valence-corrected chi connectivity index (χ4v) is 6.02. The Morgan fingerprint density at radius 3 is 2.09 bits per heavy atom. The molecule has 304 valence electrons. The molecular weight excluding hydrogens is 775 g/mol. The molecule has 1 aliphatic carbocycles. The van der Waals surface area contributed by atoms with Gasteiger partial charge in [0.15, 0.2) is 0 Å². The van der Waals surface area contributed by atoms with Crippen LogP contribution in [0.25, 0.3) is 22.3 Å². The second-order valence-corrected chi connectivity index (χ2v) is 13.4. The Kier molecular flexibility index (Phi) is 12.6. The third-order valence-electron chi connectivity index (χ3n) is 8.83. The van der Waals surface area contributed by atoms with Gasteiger partial charge in [0.05, 0.1) is 30.0 Å². The first-order valence-corrected chi connectivity index (χ1v) is 16.4. The van der Waals surface area contributed by atoms with Crippen LogP contribution in [0.2, 0.25) is 0 Å². The summed E-state index contributed by atoms with van der Waals surface area (Å²) < 4.78 is 112. The molecule has 1 saturated carbocycles.